The van der Waals surface area contributed by atoms with E-state index in [9.17, 15) is 5.11 Å². The van der Waals surface area contributed by atoms with Gasteiger partial charge in [-0.25, -0.2) is 0 Å². The lowest BCUT2D eigenvalue weighted by Crippen LogP contribution is -2.41. The number of hydrogen-bond acceptors (Lipinski definition) is 2. The van der Waals surface area contributed by atoms with Gasteiger partial charge in [-0.05, 0) is 17.8 Å². The van der Waals surface area contributed by atoms with E-state index >= 15 is 0 Å². The van der Waals surface area contributed by atoms with Crippen LogP contribution in [0, 0.1) is 11.3 Å². The summed E-state index contributed by atoms with van der Waals surface area (Å²) in [6.07, 6.45) is 4.49. The SMILES string of the molecule is COC(C(O)CC1CCC1)C(C)(C)C. The number of hydrogen-bond donors (Lipinski definition) is 1. The summed E-state index contributed by atoms with van der Waals surface area (Å²) in [5.41, 5.74) is 0.0257. The first-order valence-electron chi connectivity index (χ1n) is 5.66. The van der Waals surface area contributed by atoms with Crippen molar-refractivity contribution in [1.29, 1.82) is 0 Å². The maximum Gasteiger partial charge on any atom is 0.0878 e. The van der Waals surface area contributed by atoms with Gasteiger partial charge in [0.15, 0.2) is 0 Å². The second kappa shape index (κ2) is 4.63. The zero-order chi connectivity index (χ0) is 10.8. The summed E-state index contributed by atoms with van der Waals surface area (Å²) >= 11 is 0. The van der Waals surface area contributed by atoms with Crippen molar-refractivity contribution < 1.29 is 9.84 Å². The van der Waals surface area contributed by atoms with Crippen LogP contribution in [-0.2, 0) is 4.74 Å². The van der Waals surface area contributed by atoms with Crippen molar-refractivity contribution in [2.45, 2.75) is 58.7 Å². The van der Waals surface area contributed by atoms with Crippen molar-refractivity contribution in [2.75, 3.05) is 7.11 Å². The maximum atomic E-state index is 10.1. The van der Waals surface area contributed by atoms with E-state index in [2.05, 4.69) is 20.8 Å². The van der Waals surface area contributed by atoms with Crippen molar-refractivity contribution in [3.63, 3.8) is 0 Å². The minimum absolute atomic E-state index is 0.0257. The van der Waals surface area contributed by atoms with E-state index in [-0.39, 0.29) is 17.6 Å². The maximum absolute atomic E-state index is 10.1. The minimum Gasteiger partial charge on any atom is -0.390 e. The van der Waals surface area contributed by atoms with Gasteiger partial charge in [-0.2, -0.15) is 0 Å². The third kappa shape index (κ3) is 2.96. The fraction of sp³-hybridized carbons (Fsp3) is 1.00. The molecule has 2 nitrogen and oxygen atoms in total. The zero-order valence-electron chi connectivity index (χ0n) is 9.92. The first-order valence-corrected chi connectivity index (χ1v) is 5.66. The summed E-state index contributed by atoms with van der Waals surface area (Å²) in [6, 6.07) is 0. The van der Waals surface area contributed by atoms with Gasteiger partial charge in [-0.3, -0.25) is 0 Å². The van der Waals surface area contributed by atoms with Gasteiger partial charge in [0, 0.05) is 7.11 Å². The largest absolute Gasteiger partial charge is 0.390 e. The first-order chi connectivity index (χ1) is 6.45. The number of rotatable bonds is 4. The van der Waals surface area contributed by atoms with Gasteiger partial charge in [0.2, 0.25) is 0 Å². The van der Waals surface area contributed by atoms with Crippen LogP contribution in [0.1, 0.15) is 46.5 Å². The van der Waals surface area contributed by atoms with Gasteiger partial charge in [0.1, 0.15) is 0 Å². The smallest absolute Gasteiger partial charge is 0.0878 e. The third-order valence-corrected chi connectivity index (χ3v) is 3.26. The standard InChI is InChI=1S/C12H24O2/c1-12(2,3)11(14-4)10(13)8-9-6-5-7-9/h9-11,13H,5-8H2,1-4H3. The molecular formula is C12H24O2. The van der Waals surface area contributed by atoms with E-state index in [0.29, 0.717) is 0 Å². The monoisotopic (exact) mass is 200 g/mol. The molecule has 2 heteroatoms. The average molecular weight is 200 g/mol. The minimum atomic E-state index is -0.301. The zero-order valence-corrected chi connectivity index (χ0v) is 9.92. The van der Waals surface area contributed by atoms with Gasteiger partial charge in [0.25, 0.3) is 0 Å². The van der Waals surface area contributed by atoms with Crippen molar-refractivity contribution in [3.05, 3.63) is 0 Å². The van der Waals surface area contributed by atoms with Crippen LogP contribution >= 0.6 is 0 Å². The lowest BCUT2D eigenvalue weighted by molar-refractivity contribution is -0.0816. The average Bonchev–Trinajstić information content (AvgIpc) is 1.95. The van der Waals surface area contributed by atoms with Crippen LogP contribution in [0.25, 0.3) is 0 Å². The Balaban J connectivity index is 2.42. The van der Waals surface area contributed by atoms with Crippen LogP contribution in [0.15, 0.2) is 0 Å². The first kappa shape index (κ1) is 12.0. The van der Waals surface area contributed by atoms with Crippen LogP contribution in [0.2, 0.25) is 0 Å². The predicted molar refractivity (Wildman–Crippen MR) is 58.2 cm³/mol. The van der Waals surface area contributed by atoms with Crippen molar-refractivity contribution in [2.24, 2.45) is 11.3 Å². The molecule has 0 aromatic heterocycles. The highest BCUT2D eigenvalue weighted by molar-refractivity contribution is 4.84. The van der Waals surface area contributed by atoms with Crippen molar-refractivity contribution in [3.8, 4) is 0 Å². The highest BCUT2D eigenvalue weighted by atomic mass is 16.5. The molecule has 1 saturated carbocycles. The lowest BCUT2D eigenvalue weighted by Gasteiger charge is -2.36. The van der Waals surface area contributed by atoms with Crippen molar-refractivity contribution >= 4 is 0 Å². The summed E-state index contributed by atoms with van der Waals surface area (Å²) in [5.74, 6) is 0.741. The molecule has 0 bridgehead atoms. The summed E-state index contributed by atoms with van der Waals surface area (Å²) in [5, 5.41) is 10.1. The molecule has 0 amide bonds. The Morgan fingerprint density at radius 3 is 2.21 bits per heavy atom. The molecule has 1 aliphatic rings. The molecule has 2 unspecified atom stereocenters. The summed E-state index contributed by atoms with van der Waals surface area (Å²) < 4.78 is 5.40. The lowest BCUT2D eigenvalue weighted by atomic mass is 9.77. The molecule has 0 radical (unpaired) electrons. The van der Waals surface area contributed by atoms with Gasteiger partial charge in [-0.1, -0.05) is 40.0 Å². The molecular weight excluding hydrogens is 176 g/mol. The van der Waals surface area contributed by atoms with E-state index in [4.69, 9.17) is 4.74 Å². The molecule has 0 spiro atoms. The molecule has 0 saturated heterocycles. The number of aliphatic hydroxyl groups is 1. The van der Waals surface area contributed by atoms with E-state index in [0.717, 1.165) is 12.3 Å². The van der Waals surface area contributed by atoms with E-state index in [1.165, 1.54) is 19.3 Å². The summed E-state index contributed by atoms with van der Waals surface area (Å²) in [7, 11) is 1.69. The molecule has 14 heavy (non-hydrogen) atoms. The Hall–Kier alpha value is -0.0800. The molecule has 2 atom stereocenters. The number of aliphatic hydroxyl groups excluding tert-OH is 1. The van der Waals surface area contributed by atoms with E-state index in [1.807, 2.05) is 0 Å². The fourth-order valence-corrected chi connectivity index (χ4v) is 2.28. The van der Waals surface area contributed by atoms with Crippen LogP contribution < -0.4 is 0 Å². The Bertz CT molecular complexity index is 168. The van der Waals surface area contributed by atoms with E-state index in [1.54, 1.807) is 7.11 Å². The van der Waals surface area contributed by atoms with Crippen LogP contribution in [0.4, 0.5) is 0 Å². The van der Waals surface area contributed by atoms with Crippen molar-refractivity contribution in [1.82, 2.24) is 0 Å². The van der Waals surface area contributed by atoms with Crippen LogP contribution in [-0.4, -0.2) is 24.4 Å². The topological polar surface area (TPSA) is 29.5 Å². The summed E-state index contributed by atoms with van der Waals surface area (Å²) in [4.78, 5) is 0. The Labute approximate surface area is 87.7 Å². The van der Waals surface area contributed by atoms with Gasteiger partial charge in [0.05, 0.1) is 12.2 Å². The van der Waals surface area contributed by atoms with Crippen LogP contribution in [0.3, 0.4) is 0 Å². The highest BCUT2D eigenvalue weighted by Crippen LogP contribution is 2.34. The van der Waals surface area contributed by atoms with Gasteiger partial charge >= 0.3 is 0 Å². The Morgan fingerprint density at radius 2 is 1.93 bits per heavy atom. The molecule has 1 aliphatic carbocycles. The number of ether oxygens (including phenoxy) is 1. The molecule has 1 rings (SSSR count). The van der Waals surface area contributed by atoms with Gasteiger partial charge in [-0.15, -0.1) is 0 Å². The molecule has 0 aromatic carbocycles. The second-order valence-corrected chi connectivity index (χ2v) is 5.62. The molecule has 0 heterocycles. The Kier molecular flexibility index (Phi) is 3.96. The quantitative estimate of drug-likeness (QED) is 0.756. The predicted octanol–water partition coefficient (Wildman–Crippen LogP) is 2.60. The molecule has 84 valence electrons. The second-order valence-electron chi connectivity index (χ2n) is 5.62. The molecule has 1 fully saturated rings. The van der Waals surface area contributed by atoms with Gasteiger partial charge < -0.3 is 9.84 Å². The molecule has 0 aromatic rings. The summed E-state index contributed by atoms with van der Waals surface area (Å²) in [6.45, 7) is 6.35. The third-order valence-electron chi connectivity index (χ3n) is 3.26. The Morgan fingerprint density at radius 1 is 1.36 bits per heavy atom. The molecule has 1 N–H and O–H groups in total. The van der Waals surface area contributed by atoms with E-state index < -0.39 is 0 Å². The van der Waals surface area contributed by atoms with Crippen LogP contribution in [0.5, 0.6) is 0 Å². The highest BCUT2D eigenvalue weighted by Gasteiger charge is 2.33. The number of methoxy groups -OCH3 is 1. The normalized spacial score (nSPS) is 22.9. The molecule has 0 aliphatic heterocycles. The fourth-order valence-electron chi connectivity index (χ4n) is 2.28.